The van der Waals surface area contributed by atoms with Crippen molar-refractivity contribution in [2.75, 3.05) is 0 Å². The number of cyclic esters (lactones) is 1. The standard InChI is InChI=1S/C23H18N2O6/c1-13-18(24-22(29-13)14-5-3-2-4-6-14)12-28-16-8-7-15-9-17(30-19(15)10-16)11-20-21(26)25-23(27)31-20/h2-10,20H,11-12H2,1H3,(H,25,26,27). The summed E-state index contributed by atoms with van der Waals surface area (Å²) in [6.45, 7) is 2.10. The van der Waals surface area contributed by atoms with Gasteiger partial charge in [-0.05, 0) is 37.3 Å². The minimum atomic E-state index is -0.877. The van der Waals surface area contributed by atoms with Gasteiger partial charge in [-0.2, -0.15) is 0 Å². The van der Waals surface area contributed by atoms with Crippen molar-refractivity contribution in [3.8, 4) is 17.2 Å². The van der Waals surface area contributed by atoms with Gasteiger partial charge in [0.05, 0.1) is 6.42 Å². The maximum atomic E-state index is 11.7. The summed E-state index contributed by atoms with van der Waals surface area (Å²) in [7, 11) is 0. The topological polar surface area (TPSA) is 104 Å². The molecular weight excluding hydrogens is 400 g/mol. The van der Waals surface area contributed by atoms with E-state index in [0.717, 1.165) is 10.9 Å². The normalized spacial score (nSPS) is 15.8. The molecule has 1 N–H and O–H groups in total. The summed E-state index contributed by atoms with van der Waals surface area (Å²) >= 11 is 0. The van der Waals surface area contributed by atoms with Crippen LogP contribution in [0.25, 0.3) is 22.4 Å². The molecule has 1 aliphatic rings. The number of ether oxygens (including phenoxy) is 2. The summed E-state index contributed by atoms with van der Waals surface area (Å²) in [4.78, 5) is 27.4. The number of oxazole rings is 1. The molecule has 1 unspecified atom stereocenters. The number of nitrogens with one attached hydrogen (secondary N) is 1. The van der Waals surface area contributed by atoms with Crippen LogP contribution in [0.15, 0.2) is 63.4 Å². The fraction of sp³-hybridized carbons (Fsp3) is 0.174. The number of nitrogens with zero attached hydrogens (tertiary/aromatic N) is 1. The zero-order valence-electron chi connectivity index (χ0n) is 16.6. The molecule has 0 aliphatic carbocycles. The van der Waals surface area contributed by atoms with Crippen molar-refractivity contribution < 1.29 is 27.9 Å². The highest BCUT2D eigenvalue weighted by molar-refractivity contribution is 6.00. The molecule has 2 aromatic carbocycles. The van der Waals surface area contributed by atoms with Crippen LogP contribution in [0.3, 0.4) is 0 Å². The highest BCUT2D eigenvalue weighted by atomic mass is 16.6. The van der Waals surface area contributed by atoms with Crippen molar-refractivity contribution in [1.29, 1.82) is 0 Å². The zero-order valence-corrected chi connectivity index (χ0v) is 16.6. The number of carbonyl (C=O) groups excluding carboxylic acids is 2. The van der Waals surface area contributed by atoms with Crippen molar-refractivity contribution in [3.05, 3.63) is 71.8 Å². The Balaban J connectivity index is 1.29. The molecule has 31 heavy (non-hydrogen) atoms. The first-order chi connectivity index (χ1) is 15.0. The summed E-state index contributed by atoms with van der Waals surface area (Å²) < 4.78 is 22.4. The summed E-state index contributed by atoms with van der Waals surface area (Å²) in [6.07, 6.45) is -1.44. The lowest BCUT2D eigenvalue weighted by atomic mass is 10.2. The number of carbonyl (C=O) groups is 2. The predicted octanol–water partition coefficient (Wildman–Crippen LogP) is 4.15. The SMILES string of the molecule is Cc1oc(-c2ccccc2)nc1COc1ccc2cc(CC3OC(=O)NC3=O)oc2c1. The average molecular weight is 418 g/mol. The second kappa shape index (κ2) is 7.64. The van der Waals surface area contributed by atoms with Crippen LogP contribution in [0.1, 0.15) is 17.2 Å². The highest BCUT2D eigenvalue weighted by Crippen LogP contribution is 2.27. The first kappa shape index (κ1) is 18.9. The van der Waals surface area contributed by atoms with Crippen LogP contribution in [-0.4, -0.2) is 23.1 Å². The van der Waals surface area contributed by atoms with Crippen LogP contribution in [0, 0.1) is 6.92 Å². The first-order valence-electron chi connectivity index (χ1n) is 9.73. The van der Waals surface area contributed by atoms with Crippen LogP contribution in [0.5, 0.6) is 5.75 Å². The average Bonchev–Trinajstić information content (AvgIpc) is 3.43. The van der Waals surface area contributed by atoms with Gasteiger partial charge in [-0.15, -0.1) is 0 Å². The van der Waals surface area contributed by atoms with Crippen LogP contribution < -0.4 is 10.1 Å². The zero-order chi connectivity index (χ0) is 21.4. The van der Waals surface area contributed by atoms with Crippen LogP contribution in [0.2, 0.25) is 0 Å². The number of alkyl carbamates (subject to hydrolysis) is 1. The Labute approximate surface area is 176 Å². The third-order valence-electron chi connectivity index (χ3n) is 4.99. The number of amides is 2. The van der Waals surface area contributed by atoms with Crippen molar-refractivity contribution >= 4 is 23.0 Å². The van der Waals surface area contributed by atoms with E-state index in [0.29, 0.717) is 34.4 Å². The largest absolute Gasteiger partial charge is 0.487 e. The number of furan rings is 1. The smallest absolute Gasteiger partial charge is 0.414 e. The first-order valence-corrected chi connectivity index (χ1v) is 9.73. The second-order valence-electron chi connectivity index (χ2n) is 7.18. The van der Waals surface area contributed by atoms with Crippen LogP contribution in [0.4, 0.5) is 4.79 Å². The molecule has 0 bridgehead atoms. The lowest BCUT2D eigenvalue weighted by molar-refractivity contribution is -0.123. The van der Waals surface area contributed by atoms with E-state index < -0.39 is 18.1 Å². The molecule has 8 nitrogen and oxygen atoms in total. The fourth-order valence-corrected chi connectivity index (χ4v) is 3.39. The molecule has 0 spiro atoms. The van der Waals surface area contributed by atoms with E-state index in [-0.39, 0.29) is 13.0 Å². The summed E-state index contributed by atoms with van der Waals surface area (Å²) in [5, 5.41) is 2.96. The van der Waals surface area contributed by atoms with Gasteiger partial charge in [-0.3, -0.25) is 10.1 Å². The molecule has 1 saturated heterocycles. The molecule has 4 aromatic rings. The van der Waals surface area contributed by atoms with Gasteiger partial charge in [0.1, 0.15) is 35.2 Å². The number of hydrogen-bond acceptors (Lipinski definition) is 7. The predicted molar refractivity (Wildman–Crippen MR) is 109 cm³/mol. The van der Waals surface area contributed by atoms with Gasteiger partial charge in [0.2, 0.25) is 5.89 Å². The molecule has 1 atom stereocenters. The number of benzene rings is 2. The molecule has 2 amide bonds. The van der Waals surface area contributed by atoms with Crippen molar-refractivity contribution in [1.82, 2.24) is 10.3 Å². The Morgan fingerprint density at radius 1 is 1.06 bits per heavy atom. The molecule has 3 heterocycles. The molecular formula is C23H18N2O6. The van der Waals surface area contributed by atoms with Gasteiger partial charge in [0.25, 0.3) is 5.91 Å². The number of aromatic nitrogens is 1. The summed E-state index contributed by atoms with van der Waals surface area (Å²) in [5.74, 6) is 1.94. The fourth-order valence-electron chi connectivity index (χ4n) is 3.39. The van der Waals surface area contributed by atoms with Crippen LogP contribution >= 0.6 is 0 Å². The van der Waals surface area contributed by atoms with Crippen molar-refractivity contribution in [3.63, 3.8) is 0 Å². The van der Waals surface area contributed by atoms with Gasteiger partial charge >= 0.3 is 6.09 Å². The number of aryl methyl sites for hydroxylation is 1. The Bertz CT molecular complexity index is 1270. The van der Waals surface area contributed by atoms with Gasteiger partial charge < -0.3 is 18.3 Å². The molecule has 2 aromatic heterocycles. The number of rotatable bonds is 6. The molecule has 0 radical (unpaired) electrons. The molecule has 1 fully saturated rings. The maximum Gasteiger partial charge on any atom is 0.414 e. The van der Waals surface area contributed by atoms with E-state index in [2.05, 4.69) is 10.3 Å². The Morgan fingerprint density at radius 2 is 1.90 bits per heavy atom. The highest BCUT2D eigenvalue weighted by Gasteiger charge is 2.33. The Morgan fingerprint density at radius 3 is 2.68 bits per heavy atom. The minimum absolute atomic E-state index is 0.169. The molecule has 5 rings (SSSR count). The van der Waals surface area contributed by atoms with Crippen molar-refractivity contribution in [2.24, 2.45) is 0 Å². The van der Waals surface area contributed by atoms with E-state index in [9.17, 15) is 9.59 Å². The van der Waals surface area contributed by atoms with Gasteiger partial charge in [-0.1, -0.05) is 18.2 Å². The van der Waals surface area contributed by atoms with Gasteiger partial charge in [0.15, 0.2) is 6.10 Å². The second-order valence-corrected chi connectivity index (χ2v) is 7.18. The van der Waals surface area contributed by atoms with Gasteiger partial charge in [-0.25, -0.2) is 9.78 Å². The molecule has 156 valence electrons. The lowest BCUT2D eigenvalue weighted by Gasteiger charge is -2.04. The quantitative estimate of drug-likeness (QED) is 0.501. The number of fused-ring (bicyclic) bond motifs is 1. The summed E-state index contributed by atoms with van der Waals surface area (Å²) in [5.41, 5.74) is 2.23. The summed E-state index contributed by atoms with van der Waals surface area (Å²) in [6, 6.07) is 17.0. The Hall–Kier alpha value is -4.07. The number of imide groups is 1. The number of hydrogen-bond donors (Lipinski definition) is 1. The van der Waals surface area contributed by atoms with E-state index in [4.69, 9.17) is 18.3 Å². The molecule has 8 heteroatoms. The van der Waals surface area contributed by atoms with Gasteiger partial charge in [0, 0.05) is 17.0 Å². The van der Waals surface area contributed by atoms with Crippen molar-refractivity contribution in [2.45, 2.75) is 26.1 Å². The Kier molecular flexibility index (Phi) is 4.66. The van der Waals surface area contributed by atoms with E-state index in [1.165, 1.54) is 0 Å². The van der Waals surface area contributed by atoms with E-state index >= 15 is 0 Å². The third-order valence-corrected chi connectivity index (χ3v) is 4.99. The van der Waals surface area contributed by atoms with E-state index in [1.54, 1.807) is 6.07 Å². The molecule has 0 saturated carbocycles. The van der Waals surface area contributed by atoms with Crippen LogP contribution in [-0.2, 0) is 22.6 Å². The monoisotopic (exact) mass is 418 g/mol. The molecule has 1 aliphatic heterocycles. The lowest BCUT2D eigenvalue weighted by Crippen LogP contribution is -2.25. The maximum absolute atomic E-state index is 11.7. The third kappa shape index (κ3) is 3.87. The minimum Gasteiger partial charge on any atom is -0.487 e. The van der Waals surface area contributed by atoms with E-state index in [1.807, 2.05) is 55.5 Å².